The fourth-order valence-electron chi connectivity index (χ4n) is 1.47. The molecule has 76 valence electrons. The molecule has 2 aromatic carbocycles. The van der Waals surface area contributed by atoms with Crippen molar-refractivity contribution in [2.45, 2.75) is 0 Å². The largest absolute Gasteiger partial charge is 0.324 e. The third-order valence-corrected chi connectivity index (χ3v) is 2.54. The van der Waals surface area contributed by atoms with Crippen LogP contribution >= 0.6 is 11.6 Å². The maximum atomic E-state index is 6.10. The first-order valence-electron chi connectivity index (χ1n) is 4.63. The number of nitrogens with one attached hydrogen (secondary N) is 1. The van der Waals surface area contributed by atoms with Gasteiger partial charge in [0.25, 0.3) is 0 Å². The summed E-state index contributed by atoms with van der Waals surface area (Å²) in [5, 5.41) is 0.742. The first kappa shape index (κ1) is 10.0. The molecule has 0 saturated carbocycles. The summed E-state index contributed by atoms with van der Waals surface area (Å²) in [5.74, 6) is 5.35. The van der Waals surface area contributed by atoms with Crippen LogP contribution < -0.4 is 11.3 Å². The highest BCUT2D eigenvalue weighted by Gasteiger charge is 2.02. The number of hydrogen-bond acceptors (Lipinski definition) is 2. The van der Waals surface area contributed by atoms with E-state index in [9.17, 15) is 0 Å². The van der Waals surface area contributed by atoms with Gasteiger partial charge in [-0.1, -0.05) is 41.9 Å². The van der Waals surface area contributed by atoms with Crippen LogP contribution in [0.5, 0.6) is 0 Å². The number of nitrogen functional groups attached to an aromatic ring is 1. The minimum Gasteiger partial charge on any atom is -0.324 e. The quantitative estimate of drug-likeness (QED) is 0.600. The van der Waals surface area contributed by atoms with Crippen molar-refractivity contribution < 1.29 is 0 Å². The van der Waals surface area contributed by atoms with E-state index < -0.39 is 0 Å². The summed E-state index contributed by atoms with van der Waals surface area (Å²) in [5.41, 5.74) is 5.54. The number of hydrazine groups is 1. The van der Waals surface area contributed by atoms with Crippen molar-refractivity contribution in [2.75, 3.05) is 5.43 Å². The summed E-state index contributed by atoms with van der Waals surface area (Å²) in [6.45, 7) is 0. The second kappa shape index (κ2) is 4.34. The number of nitrogens with two attached hydrogens (primary N) is 1. The molecular weight excluding hydrogens is 208 g/mol. The van der Waals surface area contributed by atoms with Gasteiger partial charge in [-0.15, -0.1) is 0 Å². The highest BCUT2D eigenvalue weighted by Crippen LogP contribution is 2.28. The van der Waals surface area contributed by atoms with E-state index >= 15 is 0 Å². The Bertz CT molecular complexity index is 469. The van der Waals surface area contributed by atoms with Gasteiger partial charge in [0.05, 0.1) is 0 Å². The lowest BCUT2D eigenvalue weighted by Gasteiger charge is -2.06. The smallest absolute Gasteiger partial charge is 0.0491 e. The Morgan fingerprint density at radius 3 is 2.53 bits per heavy atom. The van der Waals surface area contributed by atoms with E-state index in [1.54, 1.807) is 0 Å². The van der Waals surface area contributed by atoms with Gasteiger partial charge in [0, 0.05) is 16.3 Å². The highest BCUT2D eigenvalue weighted by atomic mass is 35.5. The topological polar surface area (TPSA) is 38.0 Å². The molecule has 3 heteroatoms. The van der Waals surface area contributed by atoms with Crippen molar-refractivity contribution in [3.05, 3.63) is 53.6 Å². The van der Waals surface area contributed by atoms with Crippen LogP contribution in [0.25, 0.3) is 11.1 Å². The minimum absolute atomic E-state index is 0.742. The average molecular weight is 219 g/mol. The molecule has 0 radical (unpaired) electrons. The summed E-state index contributed by atoms with van der Waals surface area (Å²) in [4.78, 5) is 0. The van der Waals surface area contributed by atoms with E-state index in [1.807, 2.05) is 48.5 Å². The van der Waals surface area contributed by atoms with E-state index in [1.165, 1.54) is 0 Å². The van der Waals surface area contributed by atoms with Gasteiger partial charge in [-0.25, -0.2) is 0 Å². The molecule has 2 nitrogen and oxygen atoms in total. The predicted molar refractivity (Wildman–Crippen MR) is 64.7 cm³/mol. The standard InChI is InChI=1S/C12H11ClN2/c13-12-7-2-1-6-11(12)9-4-3-5-10(8-9)15-14/h1-8,15H,14H2. The fourth-order valence-corrected chi connectivity index (χ4v) is 1.72. The van der Waals surface area contributed by atoms with E-state index in [2.05, 4.69) is 5.43 Å². The molecule has 0 unspecified atom stereocenters. The second-order valence-electron chi connectivity index (χ2n) is 3.20. The molecule has 15 heavy (non-hydrogen) atoms. The van der Waals surface area contributed by atoms with Gasteiger partial charge in [0.15, 0.2) is 0 Å². The molecule has 3 N–H and O–H groups in total. The van der Waals surface area contributed by atoms with Crippen LogP contribution in [-0.2, 0) is 0 Å². The molecule has 0 atom stereocenters. The van der Waals surface area contributed by atoms with Gasteiger partial charge >= 0.3 is 0 Å². The molecule has 0 aliphatic rings. The van der Waals surface area contributed by atoms with Crippen molar-refractivity contribution in [2.24, 2.45) is 5.84 Å². The van der Waals surface area contributed by atoms with Gasteiger partial charge in [0.1, 0.15) is 0 Å². The van der Waals surface area contributed by atoms with Crippen molar-refractivity contribution >= 4 is 17.3 Å². The summed E-state index contributed by atoms with van der Waals surface area (Å²) in [6, 6.07) is 15.5. The highest BCUT2D eigenvalue weighted by molar-refractivity contribution is 6.33. The molecule has 2 rings (SSSR count). The van der Waals surface area contributed by atoms with Crippen LogP contribution in [0.4, 0.5) is 5.69 Å². The van der Waals surface area contributed by atoms with Crippen molar-refractivity contribution in [3.63, 3.8) is 0 Å². The minimum atomic E-state index is 0.742. The molecule has 0 spiro atoms. The summed E-state index contributed by atoms with van der Waals surface area (Å²) >= 11 is 6.10. The molecule has 0 aliphatic carbocycles. The third kappa shape index (κ3) is 2.12. The van der Waals surface area contributed by atoms with Crippen LogP contribution in [-0.4, -0.2) is 0 Å². The van der Waals surface area contributed by atoms with Gasteiger partial charge in [-0.3, -0.25) is 5.84 Å². The van der Waals surface area contributed by atoms with Crippen LogP contribution in [0.3, 0.4) is 0 Å². The Morgan fingerprint density at radius 1 is 1.00 bits per heavy atom. The maximum Gasteiger partial charge on any atom is 0.0491 e. The number of halogens is 1. The van der Waals surface area contributed by atoms with E-state index in [4.69, 9.17) is 17.4 Å². The predicted octanol–water partition coefficient (Wildman–Crippen LogP) is 3.29. The van der Waals surface area contributed by atoms with Crippen molar-refractivity contribution in [3.8, 4) is 11.1 Å². The van der Waals surface area contributed by atoms with Crippen molar-refractivity contribution in [1.29, 1.82) is 0 Å². The van der Waals surface area contributed by atoms with Crippen LogP contribution in [0, 0.1) is 0 Å². The Morgan fingerprint density at radius 2 is 1.80 bits per heavy atom. The number of anilines is 1. The Kier molecular flexibility index (Phi) is 2.90. The number of rotatable bonds is 2. The lowest BCUT2D eigenvalue weighted by molar-refractivity contribution is 1.35. The molecule has 0 aromatic heterocycles. The first-order valence-corrected chi connectivity index (χ1v) is 5.00. The third-order valence-electron chi connectivity index (χ3n) is 2.21. The molecule has 0 aliphatic heterocycles. The summed E-state index contributed by atoms with van der Waals surface area (Å²) in [6.07, 6.45) is 0. The zero-order valence-electron chi connectivity index (χ0n) is 8.07. The zero-order valence-corrected chi connectivity index (χ0v) is 8.83. The molecular formula is C12H11ClN2. The number of benzene rings is 2. The lowest BCUT2D eigenvalue weighted by Crippen LogP contribution is -2.06. The normalized spacial score (nSPS) is 10.0. The van der Waals surface area contributed by atoms with Gasteiger partial charge in [-0.05, 0) is 23.8 Å². The monoisotopic (exact) mass is 218 g/mol. The number of hydrogen-bond donors (Lipinski definition) is 2. The molecule has 2 aromatic rings. The molecule has 0 fully saturated rings. The second-order valence-corrected chi connectivity index (χ2v) is 3.61. The van der Waals surface area contributed by atoms with E-state index in [0.717, 1.165) is 21.8 Å². The molecule has 0 amide bonds. The van der Waals surface area contributed by atoms with E-state index in [0.29, 0.717) is 0 Å². The first-order chi connectivity index (χ1) is 7.31. The Hall–Kier alpha value is -1.51. The Balaban J connectivity index is 2.49. The lowest BCUT2D eigenvalue weighted by atomic mass is 10.1. The SMILES string of the molecule is NNc1cccc(-c2ccccc2Cl)c1. The molecule has 0 heterocycles. The summed E-state index contributed by atoms with van der Waals surface area (Å²) < 4.78 is 0. The average Bonchev–Trinajstić information content (AvgIpc) is 2.30. The van der Waals surface area contributed by atoms with Crippen LogP contribution in [0.2, 0.25) is 5.02 Å². The molecule has 0 saturated heterocycles. The summed E-state index contributed by atoms with van der Waals surface area (Å²) in [7, 11) is 0. The van der Waals surface area contributed by atoms with Gasteiger partial charge < -0.3 is 5.43 Å². The fraction of sp³-hybridized carbons (Fsp3) is 0. The van der Waals surface area contributed by atoms with Crippen LogP contribution in [0.1, 0.15) is 0 Å². The van der Waals surface area contributed by atoms with Gasteiger partial charge in [-0.2, -0.15) is 0 Å². The maximum absolute atomic E-state index is 6.10. The Labute approximate surface area is 93.7 Å². The van der Waals surface area contributed by atoms with Crippen molar-refractivity contribution in [1.82, 2.24) is 0 Å². The van der Waals surface area contributed by atoms with E-state index in [-0.39, 0.29) is 0 Å². The molecule has 0 bridgehead atoms. The zero-order chi connectivity index (χ0) is 10.7. The van der Waals surface area contributed by atoms with Gasteiger partial charge in [0.2, 0.25) is 0 Å². The van der Waals surface area contributed by atoms with Crippen LogP contribution in [0.15, 0.2) is 48.5 Å².